The second kappa shape index (κ2) is 5.69. The molecule has 8 nitrogen and oxygen atoms in total. The van der Waals surface area contributed by atoms with E-state index in [0.29, 0.717) is 31.0 Å². The number of hydrogen-bond acceptors (Lipinski definition) is 5. The third-order valence-electron chi connectivity index (χ3n) is 3.45. The number of nitrogens with zero attached hydrogens (tertiary/aromatic N) is 3. The molecule has 1 unspecified atom stereocenters. The molecular formula is C15H20N4O4. The Morgan fingerprint density at radius 1 is 1.48 bits per heavy atom. The summed E-state index contributed by atoms with van der Waals surface area (Å²) in [5, 5.41) is 2.79. The molecule has 1 aliphatic rings. The summed E-state index contributed by atoms with van der Waals surface area (Å²) in [4.78, 5) is 30.2. The monoisotopic (exact) mass is 320 g/mol. The Hall–Kier alpha value is -2.35. The maximum Gasteiger partial charge on any atom is 0.410 e. The molecule has 1 N–H and O–H groups in total. The average molecular weight is 320 g/mol. The maximum atomic E-state index is 12.2. The zero-order valence-corrected chi connectivity index (χ0v) is 13.4. The van der Waals surface area contributed by atoms with Gasteiger partial charge in [-0.2, -0.15) is 0 Å². The van der Waals surface area contributed by atoms with Gasteiger partial charge in [-0.1, -0.05) is 0 Å². The van der Waals surface area contributed by atoms with Gasteiger partial charge in [-0.25, -0.2) is 14.3 Å². The van der Waals surface area contributed by atoms with Crippen LogP contribution in [0.2, 0.25) is 0 Å². The molecule has 0 spiro atoms. The first-order chi connectivity index (χ1) is 10.8. The van der Waals surface area contributed by atoms with E-state index >= 15 is 0 Å². The molecule has 1 amide bonds. The first kappa shape index (κ1) is 15.5. The number of nitrogens with one attached hydrogen (secondary N) is 1. The molecule has 1 fully saturated rings. The van der Waals surface area contributed by atoms with E-state index in [0.717, 1.165) is 0 Å². The number of amides is 1. The molecule has 2 aromatic rings. The minimum Gasteiger partial charge on any atom is -0.444 e. The summed E-state index contributed by atoms with van der Waals surface area (Å²) < 4.78 is 12.4. The third kappa shape index (κ3) is 3.37. The number of aromatic amines is 1. The van der Waals surface area contributed by atoms with Crippen LogP contribution >= 0.6 is 0 Å². The highest BCUT2D eigenvalue weighted by molar-refractivity contribution is 5.68. The highest BCUT2D eigenvalue weighted by Gasteiger charge is 2.30. The number of rotatable bonds is 1. The summed E-state index contributed by atoms with van der Waals surface area (Å²) >= 11 is 0. The minimum absolute atomic E-state index is 0.215. The van der Waals surface area contributed by atoms with Gasteiger partial charge in [-0.15, -0.1) is 0 Å². The van der Waals surface area contributed by atoms with Crippen LogP contribution in [-0.2, 0) is 9.47 Å². The lowest BCUT2D eigenvalue weighted by atomic mass is 10.2. The standard InChI is InChI=1S/C15H20N4O4/c1-15(2,3)23-14(21)18-6-7-22-11(9-18)10-8-13(20)19-12(17-10)4-5-16-19/h4-5,8,11,16H,6-7,9H2,1-3H3. The maximum absolute atomic E-state index is 12.2. The van der Waals surface area contributed by atoms with Crippen LogP contribution in [0.15, 0.2) is 23.1 Å². The molecule has 2 aromatic heterocycles. The summed E-state index contributed by atoms with van der Waals surface area (Å²) in [6, 6.07) is 3.13. The van der Waals surface area contributed by atoms with Crippen LogP contribution in [0.4, 0.5) is 4.79 Å². The van der Waals surface area contributed by atoms with E-state index in [1.165, 1.54) is 10.6 Å². The van der Waals surface area contributed by atoms with E-state index in [1.54, 1.807) is 17.2 Å². The number of aromatic nitrogens is 3. The summed E-state index contributed by atoms with van der Waals surface area (Å²) in [6.07, 6.45) is 0.816. The largest absolute Gasteiger partial charge is 0.444 e. The summed E-state index contributed by atoms with van der Waals surface area (Å²) in [6.45, 7) is 6.61. The van der Waals surface area contributed by atoms with Gasteiger partial charge in [0.2, 0.25) is 0 Å². The molecule has 124 valence electrons. The number of hydrogen-bond donors (Lipinski definition) is 1. The van der Waals surface area contributed by atoms with Crippen LogP contribution in [0.3, 0.4) is 0 Å². The van der Waals surface area contributed by atoms with Crippen LogP contribution < -0.4 is 5.56 Å². The van der Waals surface area contributed by atoms with Crippen molar-refractivity contribution in [2.45, 2.75) is 32.5 Å². The molecule has 0 radical (unpaired) electrons. The molecule has 1 aliphatic heterocycles. The number of fused-ring (bicyclic) bond motifs is 1. The molecule has 0 aromatic carbocycles. The fourth-order valence-corrected chi connectivity index (χ4v) is 2.43. The first-order valence-electron chi connectivity index (χ1n) is 7.50. The topological polar surface area (TPSA) is 88.9 Å². The van der Waals surface area contributed by atoms with Gasteiger partial charge in [0.25, 0.3) is 5.56 Å². The normalized spacial score (nSPS) is 19.1. The molecule has 23 heavy (non-hydrogen) atoms. The zero-order valence-electron chi connectivity index (χ0n) is 13.4. The van der Waals surface area contributed by atoms with Crippen molar-refractivity contribution in [1.82, 2.24) is 19.5 Å². The lowest BCUT2D eigenvalue weighted by Crippen LogP contribution is -2.45. The van der Waals surface area contributed by atoms with Gasteiger partial charge in [0.15, 0.2) is 5.65 Å². The lowest BCUT2D eigenvalue weighted by molar-refractivity contribution is -0.0446. The predicted octanol–water partition coefficient (Wildman–Crippen LogP) is 1.33. The van der Waals surface area contributed by atoms with Crippen LogP contribution in [0, 0.1) is 0 Å². The van der Waals surface area contributed by atoms with Gasteiger partial charge in [-0.3, -0.25) is 9.89 Å². The molecule has 1 saturated heterocycles. The van der Waals surface area contributed by atoms with Crippen molar-refractivity contribution in [1.29, 1.82) is 0 Å². The van der Waals surface area contributed by atoms with Crippen LogP contribution in [0.25, 0.3) is 5.65 Å². The Balaban J connectivity index is 1.80. The first-order valence-corrected chi connectivity index (χ1v) is 7.50. The van der Waals surface area contributed by atoms with E-state index in [-0.39, 0.29) is 11.7 Å². The highest BCUT2D eigenvalue weighted by atomic mass is 16.6. The van der Waals surface area contributed by atoms with E-state index in [9.17, 15) is 9.59 Å². The van der Waals surface area contributed by atoms with E-state index < -0.39 is 11.7 Å². The molecule has 1 atom stereocenters. The molecular weight excluding hydrogens is 300 g/mol. The van der Waals surface area contributed by atoms with Gasteiger partial charge in [-0.05, 0) is 20.8 Å². The Morgan fingerprint density at radius 2 is 2.26 bits per heavy atom. The van der Waals surface area contributed by atoms with E-state index in [2.05, 4.69) is 10.1 Å². The number of morpholine rings is 1. The van der Waals surface area contributed by atoms with Crippen LogP contribution in [0.1, 0.15) is 32.6 Å². The molecule has 0 saturated carbocycles. The molecule has 8 heteroatoms. The van der Waals surface area contributed by atoms with Gasteiger partial charge in [0.1, 0.15) is 11.7 Å². The van der Waals surface area contributed by atoms with Crippen LogP contribution in [0.5, 0.6) is 0 Å². The molecule has 3 rings (SSSR count). The summed E-state index contributed by atoms with van der Waals surface area (Å²) in [5.41, 5.74) is 0.271. The number of ether oxygens (including phenoxy) is 2. The molecule has 3 heterocycles. The third-order valence-corrected chi connectivity index (χ3v) is 3.45. The van der Waals surface area contributed by atoms with Crippen LogP contribution in [-0.4, -0.2) is 50.9 Å². The molecule has 0 bridgehead atoms. The highest BCUT2D eigenvalue weighted by Crippen LogP contribution is 2.21. The Morgan fingerprint density at radius 3 is 3.00 bits per heavy atom. The van der Waals surface area contributed by atoms with Crippen molar-refractivity contribution in [3.05, 3.63) is 34.4 Å². The lowest BCUT2D eigenvalue weighted by Gasteiger charge is -2.33. The van der Waals surface area contributed by atoms with Gasteiger partial charge < -0.3 is 14.4 Å². The zero-order chi connectivity index (χ0) is 16.6. The second-order valence-electron chi connectivity index (χ2n) is 6.46. The summed E-state index contributed by atoms with van der Waals surface area (Å²) in [7, 11) is 0. The Bertz CT molecular complexity index is 774. The second-order valence-corrected chi connectivity index (χ2v) is 6.46. The smallest absolute Gasteiger partial charge is 0.410 e. The summed E-state index contributed by atoms with van der Waals surface area (Å²) in [5.74, 6) is 0. The van der Waals surface area contributed by atoms with Gasteiger partial charge >= 0.3 is 6.09 Å². The van der Waals surface area contributed by atoms with Gasteiger partial charge in [0.05, 0.1) is 18.8 Å². The fourth-order valence-electron chi connectivity index (χ4n) is 2.43. The van der Waals surface area contributed by atoms with Crippen molar-refractivity contribution in [3.63, 3.8) is 0 Å². The van der Waals surface area contributed by atoms with E-state index in [4.69, 9.17) is 9.47 Å². The fraction of sp³-hybridized carbons (Fsp3) is 0.533. The number of carbonyl (C=O) groups is 1. The SMILES string of the molecule is CC(C)(C)OC(=O)N1CCOC(c2cc(=O)n3[nH]ccc3n2)C1. The minimum atomic E-state index is -0.550. The number of H-pyrrole nitrogens is 1. The number of carbonyl (C=O) groups excluding carboxylic acids is 1. The van der Waals surface area contributed by atoms with Crippen molar-refractivity contribution >= 4 is 11.7 Å². The average Bonchev–Trinajstić information content (AvgIpc) is 2.94. The predicted molar refractivity (Wildman–Crippen MR) is 82.3 cm³/mol. The van der Waals surface area contributed by atoms with Crippen molar-refractivity contribution < 1.29 is 14.3 Å². The van der Waals surface area contributed by atoms with Gasteiger partial charge in [0, 0.05) is 24.9 Å². The Kier molecular flexibility index (Phi) is 3.85. The van der Waals surface area contributed by atoms with E-state index in [1.807, 2.05) is 20.8 Å². The van der Waals surface area contributed by atoms with Crippen molar-refractivity contribution in [3.8, 4) is 0 Å². The molecule has 0 aliphatic carbocycles. The van der Waals surface area contributed by atoms with Crippen molar-refractivity contribution in [2.24, 2.45) is 0 Å². The Labute approximate surface area is 133 Å². The quantitative estimate of drug-likeness (QED) is 0.856. The van der Waals surface area contributed by atoms with Crippen molar-refractivity contribution in [2.75, 3.05) is 19.7 Å².